The highest BCUT2D eigenvalue weighted by atomic mass is 19.1. The standard InChI is InChI=1S/C27H24FN3O/c28-21-12-9-19(10-13-21)18-32-26-14-11-20-5-1-2-6-22(20)23(26)17-29-16-15-27-30-24-7-3-4-8-25(24)31-27/h1-14,29H,15-18H2,(H,30,31). The first-order chi connectivity index (χ1) is 15.8. The van der Waals surface area contributed by atoms with Gasteiger partial charge in [0, 0.05) is 25.1 Å². The summed E-state index contributed by atoms with van der Waals surface area (Å²) in [5, 5.41) is 5.89. The fraction of sp³-hybridized carbons (Fsp3) is 0.148. The van der Waals surface area contributed by atoms with Gasteiger partial charge in [-0.1, -0.05) is 54.6 Å². The molecule has 0 unspecified atom stereocenters. The summed E-state index contributed by atoms with van der Waals surface area (Å²) in [5.74, 6) is 1.57. The van der Waals surface area contributed by atoms with Crippen LogP contribution in [0.4, 0.5) is 4.39 Å². The molecule has 0 aliphatic carbocycles. The Morgan fingerprint density at radius 3 is 2.56 bits per heavy atom. The Labute approximate surface area is 186 Å². The van der Waals surface area contributed by atoms with Crippen molar-refractivity contribution in [2.24, 2.45) is 0 Å². The minimum absolute atomic E-state index is 0.242. The highest BCUT2D eigenvalue weighted by Gasteiger charge is 2.10. The number of hydrogen-bond donors (Lipinski definition) is 2. The van der Waals surface area contributed by atoms with Crippen LogP contribution in [-0.2, 0) is 19.6 Å². The third-order valence-electron chi connectivity index (χ3n) is 5.58. The largest absolute Gasteiger partial charge is 0.489 e. The van der Waals surface area contributed by atoms with E-state index in [1.807, 2.05) is 42.5 Å². The van der Waals surface area contributed by atoms with Gasteiger partial charge in [0.15, 0.2) is 0 Å². The molecule has 5 rings (SSSR count). The normalized spacial score (nSPS) is 11.3. The number of para-hydroxylation sites is 2. The van der Waals surface area contributed by atoms with Crippen LogP contribution in [-0.4, -0.2) is 16.5 Å². The Morgan fingerprint density at radius 1 is 0.875 bits per heavy atom. The van der Waals surface area contributed by atoms with Gasteiger partial charge < -0.3 is 15.0 Å². The monoisotopic (exact) mass is 425 g/mol. The summed E-state index contributed by atoms with van der Waals surface area (Å²) in [5.41, 5.74) is 4.11. The molecule has 5 heteroatoms. The van der Waals surface area contributed by atoms with Crippen molar-refractivity contribution in [2.45, 2.75) is 19.6 Å². The number of benzene rings is 4. The third-order valence-corrected chi connectivity index (χ3v) is 5.58. The van der Waals surface area contributed by atoms with E-state index in [2.05, 4.69) is 33.5 Å². The van der Waals surface area contributed by atoms with Crippen molar-refractivity contribution in [3.8, 4) is 5.75 Å². The Morgan fingerprint density at radius 2 is 1.69 bits per heavy atom. The summed E-state index contributed by atoms with van der Waals surface area (Å²) in [6.45, 7) is 1.87. The fourth-order valence-electron chi connectivity index (χ4n) is 3.92. The lowest BCUT2D eigenvalue weighted by molar-refractivity contribution is 0.302. The van der Waals surface area contributed by atoms with Crippen LogP contribution in [0.5, 0.6) is 5.75 Å². The molecule has 0 saturated heterocycles. The Hall–Kier alpha value is -3.70. The maximum absolute atomic E-state index is 13.2. The second kappa shape index (κ2) is 9.20. The zero-order chi connectivity index (χ0) is 21.8. The van der Waals surface area contributed by atoms with Crippen molar-refractivity contribution in [2.75, 3.05) is 6.54 Å². The van der Waals surface area contributed by atoms with E-state index in [9.17, 15) is 4.39 Å². The summed E-state index contributed by atoms with van der Waals surface area (Å²) in [6.07, 6.45) is 0.811. The van der Waals surface area contributed by atoms with Gasteiger partial charge in [0.05, 0.1) is 11.0 Å². The molecule has 0 atom stereocenters. The van der Waals surface area contributed by atoms with Crippen molar-refractivity contribution in [1.82, 2.24) is 15.3 Å². The molecule has 0 radical (unpaired) electrons. The molecule has 0 aliphatic rings. The quantitative estimate of drug-likeness (QED) is 0.311. The number of nitrogens with one attached hydrogen (secondary N) is 2. The molecule has 32 heavy (non-hydrogen) atoms. The summed E-state index contributed by atoms with van der Waals surface area (Å²) < 4.78 is 19.3. The van der Waals surface area contributed by atoms with Gasteiger partial charge in [-0.2, -0.15) is 0 Å². The van der Waals surface area contributed by atoms with Crippen LogP contribution in [0.15, 0.2) is 84.9 Å². The lowest BCUT2D eigenvalue weighted by Crippen LogP contribution is -2.18. The summed E-state index contributed by atoms with van der Waals surface area (Å²) in [6, 6.07) is 26.9. The van der Waals surface area contributed by atoms with Crippen LogP contribution >= 0.6 is 0 Å². The number of ether oxygens (including phenoxy) is 1. The predicted octanol–water partition coefficient (Wildman–Crippen LogP) is 5.77. The number of aromatic nitrogens is 2. The number of hydrogen-bond acceptors (Lipinski definition) is 3. The number of halogens is 1. The lowest BCUT2D eigenvalue weighted by Gasteiger charge is -2.15. The molecule has 1 aromatic heterocycles. The van der Waals surface area contributed by atoms with Gasteiger partial charge >= 0.3 is 0 Å². The topological polar surface area (TPSA) is 49.9 Å². The van der Waals surface area contributed by atoms with Crippen molar-refractivity contribution in [3.63, 3.8) is 0 Å². The highest BCUT2D eigenvalue weighted by Crippen LogP contribution is 2.29. The Balaban J connectivity index is 1.29. The average molecular weight is 426 g/mol. The van der Waals surface area contributed by atoms with E-state index in [1.54, 1.807) is 12.1 Å². The number of imidazole rings is 1. The zero-order valence-electron chi connectivity index (χ0n) is 17.6. The van der Waals surface area contributed by atoms with Gasteiger partial charge in [0.2, 0.25) is 0 Å². The molecule has 4 aromatic carbocycles. The maximum Gasteiger partial charge on any atom is 0.124 e. The Kier molecular flexibility index (Phi) is 5.81. The van der Waals surface area contributed by atoms with Crippen molar-refractivity contribution in [3.05, 3.63) is 108 Å². The number of fused-ring (bicyclic) bond motifs is 2. The summed E-state index contributed by atoms with van der Waals surface area (Å²) in [7, 11) is 0. The number of aromatic amines is 1. The predicted molar refractivity (Wildman–Crippen MR) is 126 cm³/mol. The maximum atomic E-state index is 13.2. The molecule has 0 bridgehead atoms. The third kappa shape index (κ3) is 4.48. The van der Waals surface area contributed by atoms with Crippen molar-refractivity contribution < 1.29 is 9.13 Å². The zero-order valence-corrected chi connectivity index (χ0v) is 17.6. The minimum Gasteiger partial charge on any atom is -0.489 e. The van der Waals surface area contributed by atoms with Gasteiger partial charge in [-0.3, -0.25) is 0 Å². The van der Waals surface area contributed by atoms with Crippen LogP contribution in [0.1, 0.15) is 17.0 Å². The minimum atomic E-state index is -0.242. The van der Waals surface area contributed by atoms with Gasteiger partial charge in [-0.15, -0.1) is 0 Å². The molecule has 0 aliphatic heterocycles. The SMILES string of the molecule is Fc1ccc(COc2ccc3ccccc3c2CNCCc2nc3ccccc3[nH]2)cc1. The first kappa shape index (κ1) is 20.2. The van der Waals surface area contributed by atoms with E-state index in [-0.39, 0.29) is 5.82 Å². The molecular formula is C27H24FN3O. The molecule has 0 fully saturated rings. The van der Waals surface area contributed by atoms with E-state index in [0.29, 0.717) is 13.2 Å². The van der Waals surface area contributed by atoms with Crippen LogP contribution in [0, 0.1) is 5.82 Å². The van der Waals surface area contributed by atoms with Gasteiger partial charge in [0.1, 0.15) is 24.0 Å². The highest BCUT2D eigenvalue weighted by molar-refractivity contribution is 5.87. The smallest absolute Gasteiger partial charge is 0.124 e. The molecule has 0 saturated carbocycles. The van der Waals surface area contributed by atoms with E-state index < -0.39 is 0 Å². The molecule has 4 nitrogen and oxygen atoms in total. The van der Waals surface area contributed by atoms with Crippen LogP contribution in [0.3, 0.4) is 0 Å². The number of H-pyrrole nitrogens is 1. The van der Waals surface area contributed by atoms with Gasteiger partial charge in [-0.25, -0.2) is 9.37 Å². The lowest BCUT2D eigenvalue weighted by atomic mass is 10.0. The van der Waals surface area contributed by atoms with E-state index >= 15 is 0 Å². The summed E-state index contributed by atoms with van der Waals surface area (Å²) in [4.78, 5) is 8.02. The molecule has 2 N–H and O–H groups in total. The first-order valence-corrected chi connectivity index (χ1v) is 10.8. The number of rotatable bonds is 8. The second-order valence-corrected chi connectivity index (χ2v) is 7.81. The summed E-state index contributed by atoms with van der Waals surface area (Å²) >= 11 is 0. The van der Waals surface area contributed by atoms with E-state index in [4.69, 9.17) is 4.74 Å². The Bertz CT molecular complexity index is 1310. The second-order valence-electron chi connectivity index (χ2n) is 7.81. The van der Waals surface area contributed by atoms with Gasteiger partial charge in [-0.05, 0) is 46.7 Å². The fourth-order valence-corrected chi connectivity index (χ4v) is 3.92. The van der Waals surface area contributed by atoms with E-state index in [1.165, 1.54) is 22.9 Å². The van der Waals surface area contributed by atoms with Crippen molar-refractivity contribution in [1.29, 1.82) is 0 Å². The molecule has 1 heterocycles. The molecule has 160 valence electrons. The molecule has 0 amide bonds. The van der Waals surface area contributed by atoms with Crippen LogP contribution in [0.2, 0.25) is 0 Å². The van der Waals surface area contributed by atoms with Crippen molar-refractivity contribution >= 4 is 21.8 Å². The molecule has 5 aromatic rings. The molecule has 0 spiro atoms. The average Bonchev–Trinajstić information content (AvgIpc) is 3.25. The van der Waals surface area contributed by atoms with E-state index in [0.717, 1.165) is 46.7 Å². The van der Waals surface area contributed by atoms with Crippen LogP contribution < -0.4 is 10.1 Å². The van der Waals surface area contributed by atoms with Crippen LogP contribution in [0.25, 0.3) is 21.8 Å². The van der Waals surface area contributed by atoms with Gasteiger partial charge in [0.25, 0.3) is 0 Å². The first-order valence-electron chi connectivity index (χ1n) is 10.8. The molecular weight excluding hydrogens is 401 g/mol. The number of nitrogens with zero attached hydrogens (tertiary/aromatic N) is 1.